The molecule has 1 amide bonds. The molecule has 2 fully saturated rings. The summed E-state index contributed by atoms with van der Waals surface area (Å²) in [5.41, 5.74) is 8.66. The number of hydrogen-bond donors (Lipinski definition) is 2. The van der Waals surface area contributed by atoms with Crippen LogP contribution >= 0.6 is 0 Å². The summed E-state index contributed by atoms with van der Waals surface area (Å²) >= 11 is 0. The van der Waals surface area contributed by atoms with E-state index in [1.165, 1.54) is 0 Å². The highest BCUT2D eigenvalue weighted by molar-refractivity contribution is 5.82. The zero-order chi connectivity index (χ0) is 24.8. The highest BCUT2D eigenvalue weighted by Gasteiger charge is 2.34. The third-order valence-corrected chi connectivity index (χ3v) is 6.66. The molecule has 2 saturated heterocycles. The Morgan fingerprint density at radius 1 is 0.914 bits per heavy atom. The van der Waals surface area contributed by atoms with Crippen LogP contribution in [0.2, 0.25) is 0 Å². The molecule has 35 heavy (non-hydrogen) atoms. The fraction of sp³-hybridized carbons (Fsp3) is 0.500. The largest absolute Gasteiger partial charge is 0.494 e. The minimum Gasteiger partial charge on any atom is -0.494 e. The maximum atomic E-state index is 13.2. The van der Waals surface area contributed by atoms with Gasteiger partial charge in [-0.25, -0.2) is 10.9 Å². The third-order valence-electron chi connectivity index (χ3n) is 6.66. The third kappa shape index (κ3) is 5.63. The standard InChI is InChI=1S/C26H36N4O5/c1-5-35-20-9-6-18(7-10-20)21-16-22(28-27-21)26(31)30-14-12-29(13-15-30)17-19-8-11-23(32-2)25(34-4)24(19)33-3/h6-11,21-22,27-28H,5,12-17H2,1-4H3. The molecule has 190 valence electrons. The Morgan fingerprint density at radius 2 is 1.63 bits per heavy atom. The van der Waals surface area contributed by atoms with Crippen molar-refractivity contribution in [1.82, 2.24) is 20.7 Å². The van der Waals surface area contributed by atoms with E-state index in [4.69, 9.17) is 18.9 Å². The number of nitrogens with zero attached hydrogens (tertiary/aromatic N) is 2. The molecule has 0 spiro atoms. The smallest absolute Gasteiger partial charge is 0.241 e. The summed E-state index contributed by atoms with van der Waals surface area (Å²) in [6.07, 6.45) is 0.718. The lowest BCUT2D eigenvalue weighted by Gasteiger charge is -2.36. The molecule has 4 rings (SSSR count). The van der Waals surface area contributed by atoms with E-state index in [0.29, 0.717) is 43.5 Å². The molecule has 2 N–H and O–H groups in total. The van der Waals surface area contributed by atoms with Gasteiger partial charge >= 0.3 is 0 Å². The molecule has 0 radical (unpaired) electrons. The Balaban J connectivity index is 1.30. The molecule has 9 nitrogen and oxygen atoms in total. The molecule has 2 aliphatic heterocycles. The van der Waals surface area contributed by atoms with Crippen LogP contribution in [0, 0.1) is 0 Å². The van der Waals surface area contributed by atoms with Crippen molar-refractivity contribution in [3.63, 3.8) is 0 Å². The Hall–Kier alpha value is -3.01. The normalized spacial score (nSPS) is 20.5. The van der Waals surface area contributed by atoms with Crippen LogP contribution in [0.4, 0.5) is 0 Å². The van der Waals surface area contributed by atoms with Crippen molar-refractivity contribution in [3.05, 3.63) is 47.5 Å². The van der Waals surface area contributed by atoms with Crippen LogP contribution in [0.25, 0.3) is 0 Å². The van der Waals surface area contributed by atoms with E-state index < -0.39 is 0 Å². The van der Waals surface area contributed by atoms with E-state index in [0.717, 1.165) is 36.4 Å². The molecule has 2 unspecified atom stereocenters. The van der Waals surface area contributed by atoms with Crippen molar-refractivity contribution in [3.8, 4) is 23.0 Å². The summed E-state index contributed by atoms with van der Waals surface area (Å²) in [5.74, 6) is 2.94. The van der Waals surface area contributed by atoms with Gasteiger partial charge in [0.05, 0.1) is 27.9 Å². The van der Waals surface area contributed by atoms with Crippen molar-refractivity contribution in [2.75, 3.05) is 54.1 Å². The molecular weight excluding hydrogens is 448 g/mol. The first-order valence-electron chi connectivity index (χ1n) is 12.1. The number of carbonyl (C=O) groups excluding carboxylic acids is 1. The van der Waals surface area contributed by atoms with Crippen molar-refractivity contribution in [2.45, 2.75) is 32.0 Å². The number of rotatable bonds is 9. The molecule has 9 heteroatoms. The summed E-state index contributed by atoms with van der Waals surface area (Å²) in [6, 6.07) is 11.8. The van der Waals surface area contributed by atoms with Gasteiger partial charge < -0.3 is 23.8 Å². The van der Waals surface area contributed by atoms with Gasteiger partial charge in [0.1, 0.15) is 11.8 Å². The van der Waals surface area contributed by atoms with Crippen LogP contribution in [0.5, 0.6) is 23.0 Å². The Morgan fingerprint density at radius 3 is 2.26 bits per heavy atom. The van der Waals surface area contributed by atoms with E-state index >= 15 is 0 Å². The molecule has 0 aromatic heterocycles. The number of methoxy groups -OCH3 is 3. The summed E-state index contributed by atoms with van der Waals surface area (Å²) < 4.78 is 22.0. The second-order valence-corrected chi connectivity index (χ2v) is 8.73. The summed E-state index contributed by atoms with van der Waals surface area (Å²) in [5, 5.41) is 0. The minimum atomic E-state index is -0.232. The number of hydrogen-bond acceptors (Lipinski definition) is 8. The fourth-order valence-corrected chi connectivity index (χ4v) is 4.78. The van der Waals surface area contributed by atoms with Crippen LogP contribution in [-0.4, -0.2) is 75.9 Å². The van der Waals surface area contributed by atoms with E-state index in [9.17, 15) is 4.79 Å². The van der Waals surface area contributed by atoms with Crippen LogP contribution in [0.15, 0.2) is 36.4 Å². The van der Waals surface area contributed by atoms with Crippen molar-refractivity contribution >= 4 is 5.91 Å². The van der Waals surface area contributed by atoms with Gasteiger partial charge in [-0.15, -0.1) is 0 Å². The molecule has 0 bridgehead atoms. The van der Waals surface area contributed by atoms with Crippen molar-refractivity contribution < 1.29 is 23.7 Å². The summed E-state index contributed by atoms with van der Waals surface area (Å²) in [6.45, 7) is 6.32. The van der Waals surface area contributed by atoms with Crippen LogP contribution < -0.4 is 29.8 Å². The molecule has 2 aromatic carbocycles. The van der Waals surface area contributed by atoms with Gasteiger partial charge in [0.2, 0.25) is 11.7 Å². The van der Waals surface area contributed by atoms with E-state index in [-0.39, 0.29) is 18.0 Å². The SMILES string of the molecule is CCOc1ccc(C2CC(C(=O)N3CCN(Cc4ccc(OC)c(OC)c4OC)CC3)NN2)cc1. The van der Waals surface area contributed by atoms with Gasteiger partial charge in [-0.05, 0) is 37.1 Å². The molecule has 2 heterocycles. The lowest BCUT2D eigenvalue weighted by Crippen LogP contribution is -2.53. The Labute approximate surface area is 207 Å². The minimum absolute atomic E-state index is 0.0958. The predicted molar refractivity (Wildman–Crippen MR) is 133 cm³/mol. The topological polar surface area (TPSA) is 84.5 Å². The van der Waals surface area contributed by atoms with Crippen molar-refractivity contribution in [1.29, 1.82) is 0 Å². The van der Waals surface area contributed by atoms with E-state index in [1.807, 2.05) is 36.1 Å². The van der Waals surface area contributed by atoms with Crippen LogP contribution in [0.1, 0.15) is 30.5 Å². The van der Waals surface area contributed by atoms with Gasteiger partial charge in [-0.2, -0.15) is 0 Å². The molecular formula is C26H36N4O5. The maximum Gasteiger partial charge on any atom is 0.241 e. The monoisotopic (exact) mass is 484 g/mol. The molecule has 0 aliphatic carbocycles. The first kappa shape index (κ1) is 25.1. The lowest BCUT2D eigenvalue weighted by molar-refractivity contribution is -0.135. The van der Waals surface area contributed by atoms with Crippen LogP contribution in [-0.2, 0) is 11.3 Å². The van der Waals surface area contributed by atoms with Crippen LogP contribution in [0.3, 0.4) is 0 Å². The second kappa shape index (κ2) is 11.6. The fourth-order valence-electron chi connectivity index (χ4n) is 4.78. The lowest BCUT2D eigenvalue weighted by atomic mass is 10.0. The number of hydrazine groups is 1. The number of benzene rings is 2. The highest BCUT2D eigenvalue weighted by atomic mass is 16.5. The maximum absolute atomic E-state index is 13.2. The zero-order valence-corrected chi connectivity index (χ0v) is 21.0. The summed E-state index contributed by atoms with van der Waals surface area (Å²) in [4.78, 5) is 17.5. The van der Waals surface area contributed by atoms with Gasteiger partial charge in [0.25, 0.3) is 0 Å². The highest BCUT2D eigenvalue weighted by Crippen LogP contribution is 2.40. The average Bonchev–Trinajstić information content (AvgIpc) is 3.39. The Kier molecular flexibility index (Phi) is 8.33. The first-order chi connectivity index (χ1) is 17.1. The average molecular weight is 485 g/mol. The Bertz CT molecular complexity index is 992. The van der Waals surface area contributed by atoms with E-state index in [2.05, 4.69) is 27.9 Å². The molecule has 0 saturated carbocycles. The van der Waals surface area contributed by atoms with E-state index in [1.54, 1.807) is 21.3 Å². The predicted octanol–water partition coefficient (Wildman–Crippen LogP) is 2.36. The number of ether oxygens (including phenoxy) is 4. The number of nitrogens with one attached hydrogen (secondary N) is 2. The molecule has 2 aromatic rings. The number of carbonyl (C=O) groups is 1. The summed E-state index contributed by atoms with van der Waals surface area (Å²) in [7, 11) is 4.86. The first-order valence-corrected chi connectivity index (χ1v) is 12.1. The number of amides is 1. The molecule has 2 aliphatic rings. The van der Waals surface area contributed by atoms with Gasteiger partial charge in [-0.1, -0.05) is 18.2 Å². The quantitative estimate of drug-likeness (QED) is 0.561. The van der Waals surface area contributed by atoms with Gasteiger partial charge in [-0.3, -0.25) is 9.69 Å². The zero-order valence-electron chi connectivity index (χ0n) is 21.0. The van der Waals surface area contributed by atoms with Gasteiger partial charge in [0.15, 0.2) is 11.5 Å². The molecule has 2 atom stereocenters. The second-order valence-electron chi connectivity index (χ2n) is 8.73. The van der Waals surface area contributed by atoms with Gasteiger partial charge in [0, 0.05) is 44.3 Å². The van der Waals surface area contributed by atoms with Crippen molar-refractivity contribution in [2.24, 2.45) is 0 Å². The number of piperazine rings is 1.